The number of amides is 2. The molecule has 2 amide bonds. The Kier molecular flexibility index (Phi) is 2.41. The summed E-state index contributed by atoms with van der Waals surface area (Å²) in [5, 5.41) is 2.92. The van der Waals surface area contributed by atoms with Gasteiger partial charge in [0.25, 0.3) is 0 Å². The molecule has 78 valence electrons. The van der Waals surface area contributed by atoms with Gasteiger partial charge in [-0.1, -0.05) is 18.2 Å². The van der Waals surface area contributed by atoms with Gasteiger partial charge in [-0.05, 0) is 12.1 Å². The highest BCUT2D eigenvalue weighted by Crippen LogP contribution is 2.22. The Morgan fingerprint density at radius 2 is 1.93 bits per heavy atom. The van der Waals surface area contributed by atoms with Crippen LogP contribution >= 0.6 is 0 Å². The highest BCUT2D eigenvalue weighted by atomic mass is 16.2. The van der Waals surface area contributed by atoms with E-state index in [1.165, 1.54) is 16.9 Å². The number of nitrogens with zero attached hydrogens (tertiary/aromatic N) is 2. The van der Waals surface area contributed by atoms with Crippen molar-refractivity contribution in [2.24, 2.45) is 0 Å². The molecule has 0 atom stereocenters. The number of hydrazine groups is 1. The molecular formula is C11H12N2O2. The first-order valence-corrected chi connectivity index (χ1v) is 4.86. The van der Waals surface area contributed by atoms with E-state index in [-0.39, 0.29) is 11.8 Å². The Bertz CT molecular complexity index is 389. The van der Waals surface area contributed by atoms with Gasteiger partial charge >= 0.3 is 0 Å². The van der Waals surface area contributed by atoms with Gasteiger partial charge in [-0.25, -0.2) is 10.0 Å². The fourth-order valence-corrected chi connectivity index (χ4v) is 1.69. The maximum Gasteiger partial charge on any atom is 0.247 e. The molecule has 0 bridgehead atoms. The summed E-state index contributed by atoms with van der Waals surface area (Å²) >= 11 is 0. The summed E-state index contributed by atoms with van der Waals surface area (Å²) in [5.74, 6) is -0.138. The van der Waals surface area contributed by atoms with Crippen LogP contribution in [-0.4, -0.2) is 23.4 Å². The molecule has 2 rings (SSSR count). The Hall–Kier alpha value is -1.84. The summed E-state index contributed by atoms with van der Waals surface area (Å²) in [6.07, 6.45) is 0.397. The van der Waals surface area contributed by atoms with Crippen molar-refractivity contribution < 1.29 is 9.59 Å². The van der Waals surface area contributed by atoms with Gasteiger partial charge in [0.2, 0.25) is 11.8 Å². The van der Waals surface area contributed by atoms with Crippen molar-refractivity contribution in [3.05, 3.63) is 30.3 Å². The van der Waals surface area contributed by atoms with Gasteiger partial charge in [0.15, 0.2) is 0 Å². The smallest absolute Gasteiger partial charge is 0.247 e. The highest BCUT2D eigenvalue weighted by Gasteiger charge is 2.31. The molecule has 1 fully saturated rings. The molecule has 15 heavy (non-hydrogen) atoms. The highest BCUT2D eigenvalue weighted by molar-refractivity contribution is 5.98. The molecule has 0 unspecified atom stereocenters. The van der Waals surface area contributed by atoms with Crippen LogP contribution in [0, 0.1) is 0 Å². The molecule has 0 aromatic heterocycles. The summed E-state index contributed by atoms with van der Waals surface area (Å²) < 4.78 is 0. The van der Waals surface area contributed by atoms with Gasteiger partial charge in [0, 0.05) is 13.3 Å². The minimum Gasteiger partial charge on any atom is -0.273 e. The van der Waals surface area contributed by atoms with E-state index in [9.17, 15) is 9.59 Å². The molecule has 1 saturated heterocycles. The Labute approximate surface area is 88.1 Å². The van der Waals surface area contributed by atoms with Crippen LogP contribution in [0.3, 0.4) is 0 Å². The molecule has 4 heteroatoms. The maximum atomic E-state index is 11.6. The number of rotatable bonds is 1. The quantitative estimate of drug-likeness (QED) is 0.689. The Morgan fingerprint density at radius 1 is 1.27 bits per heavy atom. The van der Waals surface area contributed by atoms with E-state index in [2.05, 4.69) is 0 Å². The fourth-order valence-electron chi connectivity index (χ4n) is 1.69. The second kappa shape index (κ2) is 3.73. The first-order valence-electron chi connectivity index (χ1n) is 4.86. The summed E-state index contributed by atoms with van der Waals surface area (Å²) in [4.78, 5) is 22.9. The molecule has 1 heterocycles. The van der Waals surface area contributed by atoms with Crippen molar-refractivity contribution in [1.82, 2.24) is 5.01 Å². The number of hydrogen-bond donors (Lipinski definition) is 0. The molecule has 0 N–H and O–H groups in total. The van der Waals surface area contributed by atoms with E-state index in [0.717, 1.165) is 5.69 Å². The fraction of sp³-hybridized carbons (Fsp3) is 0.273. The second-order valence-corrected chi connectivity index (χ2v) is 3.43. The van der Waals surface area contributed by atoms with Crippen LogP contribution in [0.25, 0.3) is 0 Å². The summed E-state index contributed by atoms with van der Waals surface area (Å²) in [5.41, 5.74) is 0.746. The number of para-hydroxylation sites is 1. The van der Waals surface area contributed by atoms with E-state index in [4.69, 9.17) is 0 Å². The van der Waals surface area contributed by atoms with Gasteiger partial charge in [-0.3, -0.25) is 9.59 Å². The first-order chi connectivity index (χ1) is 7.20. The Morgan fingerprint density at radius 3 is 2.53 bits per heavy atom. The van der Waals surface area contributed by atoms with Crippen LogP contribution < -0.4 is 5.01 Å². The second-order valence-electron chi connectivity index (χ2n) is 3.43. The molecule has 0 spiro atoms. The predicted octanol–water partition coefficient (Wildman–Crippen LogP) is 1.19. The topological polar surface area (TPSA) is 40.6 Å². The lowest BCUT2D eigenvalue weighted by atomic mass is 10.3. The van der Waals surface area contributed by atoms with Crippen molar-refractivity contribution >= 4 is 17.5 Å². The minimum atomic E-state index is -0.107. The molecule has 1 aliphatic heterocycles. The largest absolute Gasteiger partial charge is 0.273 e. The normalized spacial score (nSPS) is 15.9. The number of anilines is 1. The van der Waals surface area contributed by atoms with Crippen LogP contribution in [0.1, 0.15) is 13.3 Å². The van der Waals surface area contributed by atoms with Gasteiger partial charge < -0.3 is 0 Å². The third-order valence-electron chi connectivity index (χ3n) is 2.38. The van der Waals surface area contributed by atoms with Crippen LogP contribution in [0.15, 0.2) is 30.3 Å². The standard InChI is InChI=1S/C11H12N2O2/c1-9(14)12-8-7-11(15)13(12)10-5-3-2-4-6-10/h2-6H,7-8H2,1H3. The van der Waals surface area contributed by atoms with Crippen LogP contribution in [-0.2, 0) is 9.59 Å². The predicted molar refractivity (Wildman–Crippen MR) is 55.9 cm³/mol. The monoisotopic (exact) mass is 204 g/mol. The van der Waals surface area contributed by atoms with E-state index >= 15 is 0 Å². The molecule has 0 radical (unpaired) electrons. The zero-order valence-electron chi connectivity index (χ0n) is 8.51. The third-order valence-corrected chi connectivity index (χ3v) is 2.38. The average molecular weight is 204 g/mol. The van der Waals surface area contributed by atoms with E-state index in [1.54, 1.807) is 0 Å². The van der Waals surface area contributed by atoms with Crippen LogP contribution in [0.5, 0.6) is 0 Å². The van der Waals surface area contributed by atoms with Crippen molar-refractivity contribution in [2.45, 2.75) is 13.3 Å². The lowest BCUT2D eigenvalue weighted by Crippen LogP contribution is -2.42. The van der Waals surface area contributed by atoms with Crippen molar-refractivity contribution in [1.29, 1.82) is 0 Å². The third kappa shape index (κ3) is 1.70. The lowest BCUT2D eigenvalue weighted by Gasteiger charge is -2.26. The van der Waals surface area contributed by atoms with Gasteiger partial charge in [-0.2, -0.15) is 0 Å². The zero-order chi connectivity index (χ0) is 10.8. The zero-order valence-corrected chi connectivity index (χ0v) is 8.51. The lowest BCUT2D eigenvalue weighted by molar-refractivity contribution is -0.130. The molecule has 0 aliphatic carbocycles. The van der Waals surface area contributed by atoms with Crippen molar-refractivity contribution in [2.75, 3.05) is 11.6 Å². The summed E-state index contributed by atoms with van der Waals surface area (Å²) in [7, 11) is 0. The van der Waals surface area contributed by atoms with Crippen molar-refractivity contribution in [3.63, 3.8) is 0 Å². The minimum absolute atomic E-state index is 0.0311. The maximum absolute atomic E-state index is 11.6. The number of benzene rings is 1. The van der Waals surface area contributed by atoms with Crippen LogP contribution in [0.2, 0.25) is 0 Å². The number of carbonyl (C=O) groups excluding carboxylic acids is 2. The molecule has 4 nitrogen and oxygen atoms in total. The summed E-state index contributed by atoms with van der Waals surface area (Å²) in [6, 6.07) is 9.21. The molecule has 1 aromatic rings. The number of carbonyl (C=O) groups is 2. The average Bonchev–Trinajstić information content (AvgIpc) is 2.61. The molecule has 1 aromatic carbocycles. The summed E-state index contributed by atoms with van der Waals surface area (Å²) in [6.45, 7) is 1.94. The SMILES string of the molecule is CC(=O)N1CCC(=O)N1c1ccccc1. The molecular weight excluding hydrogens is 192 g/mol. The molecule has 0 saturated carbocycles. The van der Waals surface area contributed by atoms with E-state index < -0.39 is 0 Å². The van der Waals surface area contributed by atoms with Gasteiger partial charge in [0.1, 0.15) is 0 Å². The first kappa shape index (κ1) is 9.71. The number of hydrogen-bond acceptors (Lipinski definition) is 2. The van der Waals surface area contributed by atoms with Crippen LogP contribution in [0.4, 0.5) is 5.69 Å². The van der Waals surface area contributed by atoms with Crippen molar-refractivity contribution in [3.8, 4) is 0 Å². The molecule has 1 aliphatic rings. The van der Waals surface area contributed by atoms with E-state index in [0.29, 0.717) is 13.0 Å². The van der Waals surface area contributed by atoms with E-state index in [1.807, 2.05) is 30.3 Å². The Balaban J connectivity index is 2.33. The van der Waals surface area contributed by atoms with Gasteiger partial charge in [0.05, 0.1) is 12.2 Å². The van der Waals surface area contributed by atoms with Gasteiger partial charge in [-0.15, -0.1) is 0 Å².